The average molecular weight is 439 g/mol. The smallest absolute Gasteiger partial charge is 0.225 e. The van der Waals surface area contributed by atoms with Crippen LogP contribution < -0.4 is 20.9 Å². The number of carbonyl (C=O) groups excluding carboxylic acids is 2. The van der Waals surface area contributed by atoms with Crippen LogP contribution in [0.25, 0.3) is 0 Å². The van der Waals surface area contributed by atoms with Crippen molar-refractivity contribution in [1.29, 1.82) is 0 Å². The molecule has 170 valence electrons. The van der Waals surface area contributed by atoms with E-state index in [-0.39, 0.29) is 36.5 Å². The van der Waals surface area contributed by atoms with Crippen molar-refractivity contribution in [2.45, 2.75) is 39.7 Å². The molecule has 0 radical (unpaired) electrons. The van der Waals surface area contributed by atoms with Crippen LogP contribution in [-0.2, 0) is 16.1 Å². The lowest BCUT2D eigenvalue weighted by atomic mass is 9.99. The highest BCUT2D eigenvalue weighted by atomic mass is 19.1. The van der Waals surface area contributed by atoms with Gasteiger partial charge in [-0.3, -0.25) is 9.59 Å². The minimum atomic E-state index is -0.385. The van der Waals surface area contributed by atoms with Crippen LogP contribution >= 0.6 is 0 Å². The second-order valence-corrected chi connectivity index (χ2v) is 9.02. The number of nitrogens with one attached hydrogen (secondary N) is 3. The van der Waals surface area contributed by atoms with Crippen LogP contribution in [0.15, 0.2) is 36.4 Å². The van der Waals surface area contributed by atoms with Gasteiger partial charge in [0.2, 0.25) is 11.8 Å². The van der Waals surface area contributed by atoms with Gasteiger partial charge < -0.3 is 20.9 Å². The molecule has 32 heavy (non-hydrogen) atoms. The molecule has 6 nitrogen and oxygen atoms in total. The monoisotopic (exact) mass is 438 g/mol. The first-order chi connectivity index (χ1) is 15.4. The molecule has 2 aliphatic rings. The fourth-order valence-corrected chi connectivity index (χ4v) is 4.31. The van der Waals surface area contributed by atoms with E-state index in [2.05, 4.69) is 39.9 Å². The average Bonchev–Trinajstić information content (AvgIpc) is 3.22. The molecule has 2 aliphatic heterocycles. The summed E-state index contributed by atoms with van der Waals surface area (Å²) in [4.78, 5) is 25.9. The summed E-state index contributed by atoms with van der Waals surface area (Å²) < 4.78 is 14.7. The van der Waals surface area contributed by atoms with Crippen LogP contribution in [0.5, 0.6) is 0 Å². The van der Waals surface area contributed by atoms with Gasteiger partial charge in [-0.1, -0.05) is 6.92 Å². The number of aryl methyl sites for hydroxylation is 1. The van der Waals surface area contributed by atoms with Crippen molar-refractivity contribution in [3.8, 4) is 0 Å². The summed E-state index contributed by atoms with van der Waals surface area (Å²) in [6, 6.07) is 11.5. The van der Waals surface area contributed by atoms with Gasteiger partial charge in [0.05, 0.1) is 5.92 Å². The Balaban J connectivity index is 1.36. The molecular formula is C25H31FN4O2. The van der Waals surface area contributed by atoms with Gasteiger partial charge >= 0.3 is 0 Å². The van der Waals surface area contributed by atoms with Crippen molar-refractivity contribution in [1.82, 2.24) is 10.6 Å². The van der Waals surface area contributed by atoms with Gasteiger partial charge in [-0.2, -0.15) is 0 Å². The van der Waals surface area contributed by atoms with E-state index in [9.17, 15) is 14.0 Å². The number of rotatable bonds is 6. The first kappa shape index (κ1) is 22.1. The van der Waals surface area contributed by atoms with E-state index in [0.717, 1.165) is 30.3 Å². The van der Waals surface area contributed by atoms with Crippen LogP contribution in [-0.4, -0.2) is 31.4 Å². The van der Waals surface area contributed by atoms with Crippen LogP contribution in [0.4, 0.5) is 21.5 Å². The zero-order valence-electron chi connectivity index (χ0n) is 18.7. The van der Waals surface area contributed by atoms with E-state index in [1.807, 2.05) is 19.1 Å². The van der Waals surface area contributed by atoms with Crippen LogP contribution in [0, 0.1) is 24.6 Å². The maximum atomic E-state index is 14.7. The molecule has 0 bridgehead atoms. The lowest BCUT2D eigenvalue weighted by Gasteiger charge is -2.32. The van der Waals surface area contributed by atoms with Gasteiger partial charge in [0.1, 0.15) is 5.82 Å². The van der Waals surface area contributed by atoms with Crippen molar-refractivity contribution in [2.24, 2.45) is 11.8 Å². The number of carbonyl (C=O) groups is 2. The van der Waals surface area contributed by atoms with E-state index in [1.54, 1.807) is 6.07 Å². The second-order valence-electron chi connectivity index (χ2n) is 9.02. The lowest BCUT2D eigenvalue weighted by molar-refractivity contribution is -0.126. The summed E-state index contributed by atoms with van der Waals surface area (Å²) in [5.41, 5.74) is 4.13. The molecule has 0 aliphatic carbocycles. The molecule has 3 N–H and O–H groups in total. The van der Waals surface area contributed by atoms with Gasteiger partial charge in [-0.15, -0.1) is 0 Å². The zero-order chi connectivity index (χ0) is 22.7. The molecule has 2 heterocycles. The lowest BCUT2D eigenvalue weighted by Crippen LogP contribution is -2.32. The molecule has 0 aromatic heterocycles. The molecule has 0 spiro atoms. The van der Waals surface area contributed by atoms with Crippen LogP contribution in [0.3, 0.4) is 0 Å². The van der Waals surface area contributed by atoms with Gasteiger partial charge in [-0.05, 0) is 67.6 Å². The van der Waals surface area contributed by atoms with Gasteiger partial charge in [0.25, 0.3) is 0 Å². The molecule has 4 rings (SSSR count). The van der Waals surface area contributed by atoms with E-state index >= 15 is 0 Å². The Kier molecular flexibility index (Phi) is 6.63. The number of halogens is 1. The minimum Gasteiger partial charge on any atom is -0.372 e. The number of hydrogen-bond donors (Lipinski definition) is 3. The molecule has 2 fully saturated rings. The fraction of sp³-hybridized carbons (Fsp3) is 0.440. The number of benzene rings is 2. The summed E-state index contributed by atoms with van der Waals surface area (Å²) in [7, 11) is 0. The predicted octanol–water partition coefficient (Wildman–Crippen LogP) is 3.87. The number of piperidine rings is 1. The largest absolute Gasteiger partial charge is 0.372 e. The van der Waals surface area contributed by atoms with E-state index in [0.29, 0.717) is 17.8 Å². The molecule has 2 aromatic rings. The van der Waals surface area contributed by atoms with Crippen LogP contribution in [0.2, 0.25) is 0 Å². The third-order valence-electron chi connectivity index (χ3n) is 6.49. The zero-order valence-corrected chi connectivity index (χ0v) is 18.7. The topological polar surface area (TPSA) is 73.5 Å². The number of hydrogen-bond acceptors (Lipinski definition) is 4. The highest BCUT2D eigenvalue weighted by molar-refractivity contribution is 5.89. The molecule has 1 atom stereocenters. The fourth-order valence-electron chi connectivity index (χ4n) is 4.31. The minimum absolute atomic E-state index is 0.0969. The van der Waals surface area contributed by atoms with E-state index in [1.165, 1.54) is 24.6 Å². The standard InChI is InChI=1S/C25H31FN4O2/c1-16-7-9-30(10-8-16)21-5-3-20(4-6-21)29-23-13-22(26)18(11-17(23)2)14-28-25(32)19-12-24(31)27-15-19/h3-6,11,13,16,19,29H,7-10,12,14-15H2,1-2H3,(H,27,31)(H,28,32). The van der Waals surface area contributed by atoms with Crippen molar-refractivity contribution in [3.05, 3.63) is 53.3 Å². The third-order valence-corrected chi connectivity index (χ3v) is 6.49. The Morgan fingerprint density at radius 3 is 2.56 bits per heavy atom. The summed E-state index contributed by atoms with van der Waals surface area (Å²) in [6.45, 7) is 6.83. The Bertz CT molecular complexity index is 984. The molecule has 1 unspecified atom stereocenters. The summed E-state index contributed by atoms with van der Waals surface area (Å²) >= 11 is 0. The molecule has 2 amide bonds. The highest BCUT2D eigenvalue weighted by Gasteiger charge is 2.27. The predicted molar refractivity (Wildman–Crippen MR) is 124 cm³/mol. The van der Waals surface area contributed by atoms with E-state index in [4.69, 9.17) is 0 Å². The summed E-state index contributed by atoms with van der Waals surface area (Å²) in [5, 5.41) is 8.68. The first-order valence-corrected chi connectivity index (χ1v) is 11.3. The van der Waals surface area contributed by atoms with Crippen molar-refractivity contribution in [2.75, 3.05) is 29.9 Å². The molecule has 2 saturated heterocycles. The van der Waals surface area contributed by atoms with Crippen molar-refractivity contribution >= 4 is 28.9 Å². The maximum Gasteiger partial charge on any atom is 0.225 e. The summed E-state index contributed by atoms with van der Waals surface area (Å²) in [6.07, 6.45) is 2.63. The molecule has 0 saturated carbocycles. The van der Waals surface area contributed by atoms with Gasteiger partial charge in [0.15, 0.2) is 0 Å². The highest BCUT2D eigenvalue weighted by Crippen LogP contribution is 2.27. The number of amides is 2. The summed E-state index contributed by atoms with van der Waals surface area (Å²) in [5.74, 6) is -0.320. The van der Waals surface area contributed by atoms with Gasteiger partial charge in [0, 0.05) is 55.2 Å². The molecular weight excluding hydrogens is 407 g/mol. The van der Waals surface area contributed by atoms with Gasteiger partial charge in [-0.25, -0.2) is 4.39 Å². The Labute approximate surface area is 188 Å². The SMILES string of the molecule is Cc1cc(CNC(=O)C2CNC(=O)C2)c(F)cc1Nc1ccc(N2CCC(C)CC2)cc1. The Morgan fingerprint density at radius 1 is 1.19 bits per heavy atom. The Hall–Kier alpha value is -3.09. The quantitative estimate of drug-likeness (QED) is 0.640. The normalized spacial score (nSPS) is 19.0. The maximum absolute atomic E-state index is 14.7. The number of anilines is 3. The Morgan fingerprint density at radius 2 is 1.91 bits per heavy atom. The molecule has 2 aromatic carbocycles. The first-order valence-electron chi connectivity index (χ1n) is 11.3. The second kappa shape index (κ2) is 9.59. The van der Waals surface area contributed by atoms with E-state index < -0.39 is 0 Å². The van der Waals surface area contributed by atoms with Crippen LogP contribution in [0.1, 0.15) is 37.3 Å². The van der Waals surface area contributed by atoms with Crippen molar-refractivity contribution in [3.63, 3.8) is 0 Å². The van der Waals surface area contributed by atoms with Crippen molar-refractivity contribution < 1.29 is 14.0 Å². The molecule has 7 heteroatoms. The number of nitrogens with zero attached hydrogens (tertiary/aromatic N) is 1. The third kappa shape index (κ3) is 5.21.